The summed E-state index contributed by atoms with van der Waals surface area (Å²) in [4.78, 5) is 12.2. The molecular formula is C13H14N2O2. The summed E-state index contributed by atoms with van der Waals surface area (Å²) in [7, 11) is 1.58. The maximum absolute atomic E-state index is 12.2. The van der Waals surface area contributed by atoms with Gasteiger partial charge < -0.3 is 4.74 Å². The van der Waals surface area contributed by atoms with Crippen LogP contribution in [-0.2, 0) is 0 Å². The number of benzene rings is 1. The molecule has 0 amide bonds. The molecule has 0 aliphatic heterocycles. The molecular weight excluding hydrogens is 216 g/mol. The molecule has 1 aromatic carbocycles. The fourth-order valence-corrected chi connectivity index (χ4v) is 1.71. The monoisotopic (exact) mass is 230 g/mol. The van der Waals surface area contributed by atoms with Crippen LogP contribution in [0.2, 0.25) is 0 Å². The van der Waals surface area contributed by atoms with Crippen LogP contribution in [0.3, 0.4) is 0 Å². The van der Waals surface area contributed by atoms with E-state index in [9.17, 15) is 4.79 Å². The van der Waals surface area contributed by atoms with Gasteiger partial charge in [0.25, 0.3) is 5.91 Å². The third-order valence-corrected chi connectivity index (χ3v) is 2.52. The van der Waals surface area contributed by atoms with Crippen LogP contribution in [0.4, 0.5) is 0 Å². The SMILES string of the molecule is COc1cccc(C(=O)n2nc(C)cc2C)c1. The molecule has 0 atom stereocenters. The van der Waals surface area contributed by atoms with Gasteiger partial charge in [-0.25, -0.2) is 4.68 Å². The fraction of sp³-hybridized carbons (Fsp3) is 0.231. The maximum Gasteiger partial charge on any atom is 0.278 e. The van der Waals surface area contributed by atoms with Crippen molar-refractivity contribution in [1.82, 2.24) is 9.78 Å². The third-order valence-electron chi connectivity index (χ3n) is 2.52. The second kappa shape index (κ2) is 4.41. The van der Waals surface area contributed by atoms with Gasteiger partial charge in [0.2, 0.25) is 0 Å². The van der Waals surface area contributed by atoms with E-state index in [1.807, 2.05) is 19.9 Å². The first-order valence-corrected chi connectivity index (χ1v) is 5.34. The van der Waals surface area contributed by atoms with Gasteiger partial charge in [-0.15, -0.1) is 0 Å². The number of hydrogen-bond acceptors (Lipinski definition) is 3. The standard InChI is InChI=1S/C13H14N2O2/c1-9-7-10(2)15(14-9)13(16)11-5-4-6-12(8-11)17-3/h4-8H,1-3H3. The van der Waals surface area contributed by atoms with E-state index in [-0.39, 0.29) is 5.91 Å². The number of hydrogen-bond donors (Lipinski definition) is 0. The summed E-state index contributed by atoms with van der Waals surface area (Å²) in [5, 5.41) is 4.17. The number of aryl methyl sites for hydroxylation is 2. The highest BCUT2D eigenvalue weighted by Crippen LogP contribution is 2.14. The van der Waals surface area contributed by atoms with Crippen molar-refractivity contribution in [3.05, 3.63) is 47.3 Å². The Morgan fingerprint density at radius 3 is 2.65 bits per heavy atom. The second-order valence-corrected chi connectivity index (χ2v) is 3.88. The van der Waals surface area contributed by atoms with Crippen LogP contribution < -0.4 is 4.74 Å². The zero-order chi connectivity index (χ0) is 12.4. The Labute approximate surface area is 99.8 Å². The third kappa shape index (κ3) is 2.20. The minimum Gasteiger partial charge on any atom is -0.497 e. The van der Waals surface area contributed by atoms with Crippen molar-refractivity contribution in [2.45, 2.75) is 13.8 Å². The predicted octanol–water partition coefficient (Wildman–Crippen LogP) is 2.20. The van der Waals surface area contributed by atoms with Gasteiger partial charge in [-0.3, -0.25) is 4.79 Å². The van der Waals surface area contributed by atoms with Crippen LogP contribution in [0.15, 0.2) is 30.3 Å². The van der Waals surface area contributed by atoms with Gasteiger partial charge in [0.15, 0.2) is 0 Å². The first kappa shape index (κ1) is 11.4. The van der Waals surface area contributed by atoms with Crippen LogP contribution in [0.5, 0.6) is 5.75 Å². The number of carbonyl (C=O) groups excluding carboxylic acids is 1. The highest BCUT2D eigenvalue weighted by atomic mass is 16.5. The number of methoxy groups -OCH3 is 1. The molecule has 0 fully saturated rings. The van der Waals surface area contributed by atoms with Crippen LogP contribution in [0.1, 0.15) is 21.7 Å². The van der Waals surface area contributed by atoms with Crippen LogP contribution >= 0.6 is 0 Å². The molecule has 0 aliphatic rings. The van der Waals surface area contributed by atoms with E-state index in [4.69, 9.17) is 4.74 Å². The zero-order valence-corrected chi connectivity index (χ0v) is 10.1. The lowest BCUT2D eigenvalue weighted by molar-refractivity contribution is 0.0942. The number of aromatic nitrogens is 2. The summed E-state index contributed by atoms with van der Waals surface area (Å²) in [6.45, 7) is 3.72. The van der Waals surface area contributed by atoms with Gasteiger partial charge in [-0.05, 0) is 38.1 Å². The van der Waals surface area contributed by atoms with Crippen molar-refractivity contribution in [3.63, 3.8) is 0 Å². The number of ether oxygens (including phenoxy) is 1. The summed E-state index contributed by atoms with van der Waals surface area (Å²) in [5.74, 6) is 0.520. The van der Waals surface area contributed by atoms with E-state index in [0.717, 1.165) is 11.4 Å². The van der Waals surface area contributed by atoms with Crippen molar-refractivity contribution >= 4 is 5.91 Å². The molecule has 4 heteroatoms. The van der Waals surface area contributed by atoms with Crippen molar-refractivity contribution in [2.75, 3.05) is 7.11 Å². The topological polar surface area (TPSA) is 44.1 Å². The number of rotatable bonds is 2. The second-order valence-electron chi connectivity index (χ2n) is 3.88. The molecule has 2 aromatic rings. The Bertz CT molecular complexity index is 558. The first-order valence-electron chi connectivity index (χ1n) is 5.34. The van der Waals surface area contributed by atoms with Crippen molar-refractivity contribution in [3.8, 4) is 5.75 Å². The molecule has 0 aliphatic carbocycles. The van der Waals surface area contributed by atoms with Gasteiger partial charge >= 0.3 is 0 Å². The van der Waals surface area contributed by atoms with Gasteiger partial charge in [-0.1, -0.05) is 6.07 Å². The molecule has 0 N–H and O–H groups in total. The summed E-state index contributed by atoms with van der Waals surface area (Å²) in [6.07, 6.45) is 0. The Morgan fingerprint density at radius 2 is 2.06 bits per heavy atom. The van der Waals surface area contributed by atoms with Crippen molar-refractivity contribution < 1.29 is 9.53 Å². The zero-order valence-electron chi connectivity index (χ0n) is 10.1. The molecule has 0 bridgehead atoms. The van der Waals surface area contributed by atoms with Crippen molar-refractivity contribution in [2.24, 2.45) is 0 Å². The average Bonchev–Trinajstić information content (AvgIpc) is 2.67. The molecule has 0 spiro atoms. The molecule has 17 heavy (non-hydrogen) atoms. The number of carbonyl (C=O) groups is 1. The quantitative estimate of drug-likeness (QED) is 0.794. The first-order chi connectivity index (χ1) is 8.11. The highest BCUT2D eigenvalue weighted by molar-refractivity contribution is 5.96. The van der Waals surface area contributed by atoms with E-state index in [1.54, 1.807) is 31.4 Å². The molecule has 4 nitrogen and oxygen atoms in total. The molecule has 0 saturated carbocycles. The molecule has 0 unspecified atom stereocenters. The lowest BCUT2D eigenvalue weighted by atomic mass is 10.2. The van der Waals surface area contributed by atoms with Gasteiger partial charge in [0.05, 0.1) is 12.8 Å². The van der Waals surface area contributed by atoms with Gasteiger partial charge in [-0.2, -0.15) is 5.10 Å². The normalized spacial score (nSPS) is 10.3. The minimum atomic E-state index is -0.144. The highest BCUT2D eigenvalue weighted by Gasteiger charge is 2.12. The average molecular weight is 230 g/mol. The Balaban J connectivity index is 2.40. The lowest BCUT2D eigenvalue weighted by Crippen LogP contribution is -2.15. The van der Waals surface area contributed by atoms with Crippen LogP contribution in [-0.4, -0.2) is 22.8 Å². The van der Waals surface area contributed by atoms with Crippen LogP contribution in [0, 0.1) is 13.8 Å². The summed E-state index contributed by atoms with van der Waals surface area (Å²) in [6, 6.07) is 8.92. The van der Waals surface area contributed by atoms with E-state index < -0.39 is 0 Å². The Kier molecular flexibility index (Phi) is 2.95. The van der Waals surface area contributed by atoms with Crippen molar-refractivity contribution in [1.29, 1.82) is 0 Å². The fourth-order valence-electron chi connectivity index (χ4n) is 1.71. The Hall–Kier alpha value is -2.10. The van der Waals surface area contributed by atoms with E-state index in [2.05, 4.69) is 5.10 Å². The predicted molar refractivity (Wildman–Crippen MR) is 64.4 cm³/mol. The molecule has 0 saturated heterocycles. The molecule has 88 valence electrons. The maximum atomic E-state index is 12.2. The van der Waals surface area contributed by atoms with E-state index >= 15 is 0 Å². The summed E-state index contributed by atoms with van der Waals surface area (Å²) in [5.41, 5.74) is 2.23. The molecule has 0 radical (unpaired) electrons. The Morgan fingerprint density at radius 1 is 1.29 bits per heavy atom. The van der Waals surface area contributed by atoms with Crippen LogP contribution in [0.25, 0.3) is 0 Å². The minimum absolute atomic E-state index is 0.144. The van der Waals surface area contributed by atoms with Gasteiger partial charge in [0, 0.05) is 11.3 Å². The molecule has 1 aromatic heterocycles. The number of nitrogens with zero attached hydrogens (tertiary/aromatic N) is 2. The smallest absolute Gasteiger partial charge is 0.278 e. The molecule has 2 rings (SSSR count). The van der Waals surface area contributed by atoms with E-state index in [0.29, 0.717) is 11.3 Å². The summed E-state index contributed by atoms with van der Waals surface area (Å²) >= 11 is 0. The lowest BCUT2D eigenvalue weighted by Gasteiger charge is -2.05. The molecule has 1 heterocycles. The largest absolute Gasteiger partial charge is 0.497 e. The van der Waals surface area contributed by atoms with E-state index in [1.165, 1.54) is 4.68 Å². The van der Waals surface area contributed by atoms with Gasteiger partial charge in [0.1, 0.15) is 5.75 Å². The summed E-state index contributed by atoms with van der Waals surface area (Å²) < 4.78 is 6.50.